The van der Waals surface area contributed by atoms with Gasteiger partial charge in [-0.25, -0.2) is 0 Å². The Bertz CT molecular complexity index is 466. The minimum Gasteiger partial charge on any atom is -0.289 e. The van der Waals surface area contributed by atoms with E-state index >= 15 is 0 Å². The van der Waals surface area contributed by atoms with Crippen LogP contribution in [0.3, 0.4) is 0 Å². The zero-order valence-corrected chi connectivity index (χ0v) is 11.2. The summed E-state index contributed by atoms with van der Waals surface area (Å²) in [6.45, 7) is 0. The van der Waals surface area contributed by atoms with Crippen LogP contribution in [0.1, 0.15) is 15.9 Å². The van der Waals surface area contributed by atoms with Gasteiger partial charge >= 0.3 is 0 Å². The van der Waals surface area contributed by atoms with E-state index in [1.165, 1.54) is 0 Å². The van der Waals surface area contributed by atoms with Crippen LogP contribution in [0.4, 0.5) is 0 Å². The third-order valence-electron chi connectivity index (χ3n) is 2.14. The Morgan fingerprint density at radius 3 is 1.76 bits per heavy atom. The average Bonchev–Trinajstić information content (AvgIpc) is 2.30. The lowest BCUT2D eigenvalue weighted by atomic mass is 10.0. The van der Waals surface area contributed by atoms with E-state index in [0.29, 0.717) is 16.1 Å². The summed E-state index contributed by atoms with van der Waals surface area (Å²) in [5, 5.41) is 0.639. The number of benzene rings is 2. The van der Waals surface area contributed by atoms with Crippen molar-refractivity contribution in [3.63, 3.8) is 0 Å². The highest BCUT2D eigenvalue weighted by atomic mass is 35.5. The molecule has 90 valence electrons. The lowest BCUT2D eigenvalue weighted by molar-refractivity contribution is 0.103. The van der Waals surface area contributed by atoms with Crippen molar-refractivity contribution in [1.82, 2.24) is 0 Å². The van der Waals surface area contributed by atoms with Gasteiger partial charge in [0.25, 0.3) is 0 Å². The van der Waals surface area contributed by atoms with Gasteiger partial charge in [0.1, 0.15) is 0 Å². The van der Waals surface area contributed by atoms with Crippen LogP contribution in [0.5, 0.6) is 0 Å². The fraction of sp³-hybridized carbons (Fsp3) is 0. The average molecular weight is 290 g/mol. The number of rotatable bonds is 2. The molecule has 0 unspecified atom stereocenters. The maximum Gasteiger partial charge on any atom is 0.193 e. The summed E-state index contributed by atoms with van der Waals surface area (Å²) in [5.74, 6) is 0.0206. The molecule has 0 N–H and O–H groups in total. The highest BCUT2D eigenvalue weighted by molar-refractivity contribution is 6.30. The number of halogens is 3. The molecule has 4 heteroatoms. The molecule has 0 radical (unpaired) electrons. The third kappa shape index (κ3) is 4.04. The predicted octanol–water partition coefficient (Wildman–Crippen LogP) is 4.41. The van der Waals surface area contributed by atoms with Crippen LogP contribution in [-0.2, 0) is 0 Å². The summed E-state index contributed by atoms with van der Waals surface area (Å²) in [6, 6.07) is 16.1. The summed E-state index contributed by atoms with van der Waals surface area (Å²) < 4.78 is 0. The Hall–Kier alpha value is -1.02. The molecule has 0 bridgehead atoms. The molecule has 0 aliphatic rings. The predicted molar refractivity (Wildman–Crippen MR) is 75.8 cm³/mol. The van der Waals surface area contributed by atoms with Gasteiger partial charge < -0.3 is 0 Å². The molecule has 0 saturated heterocycles. The Morgan fingerprint density at radius 1 is 0.765 bits per heavy atom. The fourth-order valence-corrected chi connectivity index (χ4v) is 1.48. The Balaban J connectivity index is 0.00000128. The van der Waals surface area contributed by atoms with E-state index in [2.05, 4.69) is 0 Å². The quantitative estimate of drug-likeness (QED) is 0.748. The van der Waals surface area contributed by atoms with Crippen LogP contribution < -0.4 is 0 Å². The first-order chi connectivity index (χ1) is 7.27. The largest absolute Gasteiger partial charge is 0.289 e. The molecule has 2 rings (SSSR count). The number of hydrogen-bond acceptors (Lipinski definition) is 1. The monoisotopic (exact) mass is 288 g/mol. The molecule has 17 heavy (non-hydrogen) atoms. The van der Waals surface area contributed by atoms with Crippen molar-refractivity contribution in [2.75, 3.05) is 0 Å². The third-order valence-corrected chi connectivity index (χ3v) is 2.39. The summed E-state index contributed by atoms with van der Waals surface area (Å²) in [6.07, 6.45) is 0. The Kier molecular flexibility index (Phi) is 6.89. The molecule has 0 amide bonds. The van der Waals surface area contributed by atoms with Crippen LogP contribution in [0.25, 0.3) is 0 Å². The van der Waals surface area contributed by atoms with Crippen molar-refractivity contribution in [3.8, 4) is 0 Å². The van der Waals surface area contributed by atoms with Crippen molar-refractivity contribution < 1.29 is 4.79 Å². The molecular formula is C13H11Cl3O. The summed E-state index contributed by atoms with van der Waals surface area (Å²) >= 11 is 5.75. The topological polar surface area (TPSA) is 17.1 Å². The number of carbonyl (C=O) groups excluding carboxylic acids is 1. The lowest BCUT2D eigenvalue weighted by Crippen LogP contribution is -1.99. The van der Waals surface area contributed by atoms with E-state index in [0.717, 1.165) is 0 Å². The molecule has 0 fully saturated rings. The molecular weight excluding hydrogens is 279 g/mol. The van der Waals surface area contributed by atoms with Gasteiger partial charge in [-0.3, -0.25) is 4.79 Å². The standard InChI is InChI=1S/C13H9ClO.2ClH/c14-12-8-6-11(7-9-12)13(15)10-4-2-1-3-5-10;;/h1-9H;2*1H. The van der Waals surface area contributed by atoms with Crippen molar-refractivity contribution in [1.29, 1.82) is 0 Å². The van der Waals surface area contributed by atoms with E-state index in [4.69, 9.17) is 11.6 Å². The van der Waals surface area contributed by atoms with Crippen LogP contribution in [0, 0.1) is 0 Å². The number of carbonyl (C=O) groups is 1. The van der Waals surface area contributed by atoms with Crippen LogP contribution >= 0.6 is 36.4 Å². The van der Waals surface area contributed by atoms with Crippen molar-refractivity contribution in [2.45, 2.75) is 0 Å². The first-order valence-electron chi connectivity index (χ1n) is 4.63. The van der Waals surface area contributed by atoms with E-state index in [1.807, 2.05) is 18.2 Å². The van der Waals surface area contributed by atoms with Gasteiger partial charge in [-0.05, 0) is 24.3 Å². The first-order valence-corrected chi connectivity index (χ1v) is 5.00. The van der Waals surface area contributed by atoms with Crippen molar-refractivity contribution in [3.05, 3.63) is 70.7 Å². The Labute approximate surface area is 118 Å². The number of ketones is 1. The second-order valence-electron chi connectivity index (χ2n) is 3.20. The zero-order valence-electron chi connectivity index (χ0n) is 8.80. The summed E-state index contributed by atoms with van der Waals surface area (Å²) in [5.41, 5.74) is 1.35. The van der Waals surface area contributed by atoms with E-state index in [9.17, 15) is 4.79 Å². The van der Waals surface area contributed by atoms with E-state index in [-0.39, 0.29) is 30.6 Å². The maximum atomic E-state index is 11.9. The lowest BCUT2D eigenvalue weighted by Gasteiger charge is -2.00. The minimum atomic E-state index is 0. The second-order valence-corrected chi connectivity index (χ2v) is 3.64. The molecule has 2 aromatic carbocycles. The molecule has 0 saturated carbocycles. The van der Waals surface area contributed by atoms with Gasteiger partial charge in [-0.15, -0.1) is 24.8 Å². The zero-order chi connectivity index (χ0) is 10.7. The van der Waals surface area contributed by atoms with Gasteiger partial charge in [-0.1, -0.05) is 41.9 Å². The molecule has 1 nitrogen and oxygen atoms in total. The highest BCUT2D eigenvalue weighted by Gasteiger charge is 2.07. The van der Waals surface area contributed by atoms with Gasteiger partial charge in [-0.2, -0.15) is 0 Å². The smallest absolute Gasteiger partial charge is 0.193 e. The first kappa shape index (κ1) is 16.0. The van der Waals surface area contributed by atoms with Gasteiger partial charge in [0, 0.05) is 16.1 Å². The van der Waals surface area contributed by atoms with E-state index in [1.54, 1.807) is 36.4 Å². The summed E-state index contributed by atoms with van der Waals surface area (Å²) in [4.78, 5) is 11.9. The molecule has 0 heterocycles. The van der Waals surface area contributed by atoms with Crippen LogP contribution in [-0.4, -0.2) is 5.78 Å². The SMILES string of the molecule is Cl.Cl.O=C(c1ccccc1)c1ccc(Cl)cc1. The van der Waals surface area contributed by atoms with Crippen molar-refractivity contribution >= 4 is 42.2 Å². The molecule has 0 aliphatic carbocycles. The molecule has 0 aromatic heterocycles. The maximum absolute atomic E-state index is 11.9. The highest BCUT2D eigenvalue weighted by Crippen LogP contribution is 2.13. The molecule has 0 atom stereocenters. The van der Waals surface area contributed by atoms with Gasteiger partial charge in [0.15, 0.2) is 5.78 Å². The normalized spacial score (nSPS) is 8.76. The summed E-state index contributed by atoms with van der Waals surface area (Å²) in [7, 11) is 0. The van der Waals surface area contributed by atoms with Crippen molar-refractivity contribution in [2.24, 2.45) is 0 Å². The van der Waals surface area contributed by atoms with Crippen LogP contribution in [0.2, 0.25) is 5.02 Å². The molecule has 0 spiro atoms. The second kappa shape index (κ2) is 7.33. The Morgan fingerprint density at radius 2 is 1.24 bits per heavy atom. The van der Waals surface area contributed by atoms with E-state index < -0.39 is 0 Å². The van der Waals surface area contributed by atoms with Gasteiger partial charge in [0.2, 0.25) is 0 Å². The van der Waals surface area contributed by atoms with Gasteiger partial charge in [0.05, 0.1) is 0 Å². The fourth-order valence-electron chi connectivity index (χ4n) is 1.36. The number of hydrogen-bond donors (Lipinski definition) is 0. The minimum absolute atomic E-state index is 0. The van der Waals surface area contributed by atoms with Crippen LogP contribution in [0.15, 0.2) is 54.6 Å². The molecule has 0 aliphatic heterocycles. The molecule has 2 aromatic rings.